The first-order chi connectivity index (χ1) is 11.6. The summed E-state index contributed by atoms with van der Waals surface area (Å²) in [5.41, 5.74) is 2.71. The fourth-order valence-electron chi connectivity index (χ4n) is 2.26. The Balaban J connectivity index is 2.07. The number of carboxylic acid groups (broad SMARTS) is 1. The highest BCUT2D eigenvalue weighted by molar-refractivity contribution is 5.90. The summed E-state index contributed by atoms with van der Waals surface area (Å²) in [4.78, 5) is 19.9. The van der Waals surface area contributed by atoms with Crippen molar-refractivity contribution in [3.63, 3.8) is 0 Å². The van der Waals surface area contributed by atoms with Gasteiger partial charge in [-0.2, -0.15) is 4.98 Å². The number of aryl methyl sites for hydroxylation is 1. The van der Waals surface area contributed by atoms with Gasteiger partial charge in [-0.1, -0.05) is 42.5 Å². The zero-order valence-corrected chi connectivity index (χ0v) is 13.4. The second-order valence-corrected chi connectivity index (χ2v) is 5.38. The Morgan fingerprint density at radius 3 is 2.50 bits per heavy atom. The lowest BCUT2D eigenvalue weighted by Crippen LogP contribution is -2.05. The summed E-state index contributed by atoms with van der Waals surface area (Å²) < 4.78 is 5.81. The molecule has 0 saturated heterocycles. The number of carboxylic acids is 1. The predicted molar refractivity (Wildman–Crippen MR) is 90.4 cm³/mol. The molecule has 5 heteroatoms. The first-order valence-corrected chi connectivity index (χ1v) is 7.46. The molecule has 0 aliphatic carbocycles. The molecule has 0 spiro atoms. The first kappa shape index (κ1) is 15.7. The molecule has 0 aliphatic heterocycles. The van der Waals surface area contributed by atoms with Gasteiger partial charge < -0.3 is 9.84 Å². The topological polar surface area (TPSA) is 72.3 Å². The van der Waals surface area contributed by atoms with E-state index < -0.39 is 5.97 Å². The molecule has 3 rings (SSSR count). The highest BCUT2D eigenvalue weighted by atomic mass is 16.5. The van der Waals surface area contributed by atoms with Gasteiger partial charge in [-0.15, -0.1) is 0 Å². The van der Waals surface area contributed by atoms with Crippen molar-refractivity contribution in [3.8, 4) is 23.0 Å². The van der Waals surface area contributed by atoms with Crippen molar-refractivity contribution in [2.24, 2.45) is 0 Å². The molecular formula is C19H16N2O3. The van der Waals surface area contributed by atoms with Crippen LogP contribution in [0.2, 0.25) is 0 Å². The molecule has 1 heterocycles. The number of nitrogens with zero attached hydrogens (tertiary/aromatic N) is 2. The van der Waals surface area contributed by atoms with E-state index in [0.717, 1.165) is 16.7 Å². The van der Waals surface area contributed by atoms with Gasteiger partial charge in [0.05, 0.1) is 0 Å². The maximum atomic E-state index is 11.5. The zero-order valence-electron chi connectivity index (χ0n) is 13.4. The third kappa shape index (κ3) is 3.10. The van der Waals surface area contributed by atoms with Crippen LogP contribution in [0.5, 0.6) is 11.6 Å². The van der Waals surface area contributed by atoms with Gasteiger partial charge in [0.1, 0.15) is 11.3 Å². The summed E-state index contributed by atoms with van der Waals surface area (Å²) in [6.07, 6.45) is 1.28. The molecule has 0 saturated carbocycles. The van der Waals surface area contributed by atoms with Crippen molar-refractivity contribution in [2.45, 2.75) is 13.8 Å². The second kappa shape index (κ2) is 6.50. The molecule has 0 unspecified atom stereocenters. The normalized spacial score (nSPS) is 10.4. The molecule has 3 aromatic rings. The lowest BCUT2D eigenvalue weighted by molar-refractivity contribution is 0.0693. The molecule has 0 radical (unpaired) electrons. The molecule has 24 heavy (non-hydrogen) atoms. The SMILES string of the molecule is Cc1cccc(Oc2nc(-c3ccccc3)ncc2C(=O)O)c1C. The van der Waals surface area contributed by atoms with Crippen LogP contribution < -0.4 is 4.74 Å². The van der Waals surface area contributed by atoms with Crippen molar-refractivity contribution in [1.29, 1.82) is 0 Å². The molecular weight excluding hydrogens is 304 g/mol. The molecule has 0 bridgehead atoms. The highest BCUT2D eigenvalue weighted by Crippen LogP contribution is 2.29. The predicted octanol–water partition coefficient (Wildman–Crippen LogP) is 4.25. The van der Waals surface area contributed by atoms with E-state index in [1.807, 2.05) is 56.3 Å². The molecule has 1 N–H and O–H groups in total. The molecule has 2 aromatic carbocycles. The quantitative estimate of drug-likeness (QED) is 0.778. The van der Waals surface area contributed by atoms with Crippen LogP contribution in [0.15, 0.2) is 54.7 Å². The monoisotopic (exact) mass is 320 g/mol. The molecule has 5 nitrogen and oxygen atoms in total. The number of hydrogen-bond acceptors (Lipinski definition) is 4. The zero-order chi connectivity index (χ0) is 17.1. The number of hydrogen-bond donors (Lipinski definition) is 1. The Hall–Kier alpha value is -3.21. The van der Waals surface area contributed by atoms with E-state index >= 15 is 0 Å². The van der Waals surface area contributed by atoms with Gasteiger partial charge in [0, 0.05) is 11.8 Å². The van der Waals surface area contributed by atoms with Gasteiger partial charge in [0.25, 0.3) is 0 Å². The standard InChI is InChI=1S/C19H16N2O3/c1-12-7-6-10-16(13(12)2)24-18-15(19(22)23)11-20-17(21-18)14-8-4-3-5-9-14/h3-11H,1-2H3,(H,22,23). The summed E-state index contributed by atoms with van der Waals surface area (Å²) in [6, 6.07) is 15.0. The summed E-state index contributed by atoms with van der Waals surface area (Å²) >= 11 is 0. The maximum absolute atomic E-state index is 11.5. The van der Waals surface area contributed by atoms with Crippen LogP contribution in [0.1, 0.15) is 21.5 Å². The molecule has 0 atom stereocenters. The number of ether oxygens (including phenoxy) is 1. The van der Waals surface area contributed by atoms with E-state index in [0.29, 0.717) is 11.6 Å². The van der Waals surface area contributed by atoms with E-state index in [1.54, 1.807) is 6.07 Å². The third-order valence-corrected chi connectivity index (χ3v) is 3.78. The van der Waals surface area contributed by atoms with E-state index in [-0.39, 0.29) is 11.4 Å². The Morgan fingerprint density at radius 2 is 1.79 bits per heavy atom. The maximum Gasteiger partial charge on any atom is 0.342 e. The third-order valence-electron chi connectivity index (χ3n) is 3.78. The van der Waals surface area contributed by atoms with Crippen molar-refractivity contribution in [3.05, 3.63) is 71.4 Å². The molecule has 120 valence electrons. The van der Waals surface area contributed by atoms with Crippen LogP contribution in [0.25, 0.3) is 11.4 Å². The van der Waals surface area contributed by atoms with Gasteiger partial charge in [0.2, 0.25) is 5.88 Å². The van der Waals surface area contributed by atoms with Gasteiger partial charge >= 0.3 is 5.97 Å². The minimum absolute atomic E-state index is 0.0325. The van der Waals surface area contributed by atoms with Crippen LogP contribution >= 0.6 is 0 Å². The van der Waals surface area contributed by atoms with Gasteiger partial charge in [-0.25, -0.2) is 9.78 Å². The van der Waals surface area contributed by atoms with Crippen molar-refractivity contribution < 1.29 is 14.6 Å². The molecule has 0 amide bonds. The first-order valence-electron chi connectivity index (χ1n) is 7.46. The number of rotatable bonds is 4. The van der Waals surface area contributed by atoms with Crippen molar-refractivity contribution in [2.75, 3.05) is 0 Å². The lowest BCUT2D eigenvalue weighted by Gasteiger charge is -2.12. The van der Waals surface area contributed by atoms with Gasteiger partial charge in [-0.05, 0) is 31.0 Å². The van der Waals surface area contributed by atoms with Crippen molar-refractivity contribution >= 4 is 5.97 Å². The average Bonchev–Trinajstić information content (AvgIpc) is 2.59. The average molecular weight is 320 g/mol. The molecule has 0 fully saturated rings. The highest BCUT2D eigenvalue weighted by Gasteiger charge is 2.17. The molecule has 1 aromatic heterocycles. The van der Waals surface area contributed by atoms with Crippen LogP contribution in [0.4, 0.5) is 0 Å². The summed E-state index contributed by atoms with van der Waals surface area (Å²) in [7, 11) is 0. The Morgan fingerprint density at radius 1 is 1.04 bits per heavy atom. The second-order valence-electron chi connectivity index (χ2n) is 5.38. The van der Waals surface area contributed by atoms with E-state index in [9.17, 15) is 9.90 Å². The summed E-state index contributed by atoms with van der Waals surface area (Å²) in [5, 5.41) is 9.37. The smallest absolute Gasteiger partial charge is 0.342 e. The number of carbonyl (C=O) groups is 1. The van der Waals surface area contributed by atoms with Crippen LogP contribution in [0, 0.1) is 13.8 Å². The fourth-order valence-corrected chi connectivity index (χ4v) is 2.26. The lowest BCUT2D eigenvalue weighted by atomic mass is 10.1. The van der Waals surface area contributed by atoms with Gasteiger partial charge in [-0.3, -0.25) is 0 Å². The minimum atomic E-state index is -1.13. The number of aromatic carboxylic acids is 1. The molecule has 0 aliphatic rings. The van der Waals surface area contributed by atoms with E-state index in [2.05, 4.69) is 9.97 Å². The number of benzene rings is 2. The van der Waals surface area contributed by atoms with Crippen LogP contribution in [-0.4, -0.2) is 21.0 Å². The van der Waals surface area contributed by atoms with E-state index in [1.165, 1.54) is 6.20 Å². The Kier molecular flexibility index (Phi) is 4.24. The largest absolute Gasteiger partial charge is 0.477 e. The van der Waals surface area contributed by atoms with E-state index in [4.69, 9.17) is 4.74 Å². The Labute approximate surface area is 139 Å². The summed E-state index contributed by atoms with van der Waals surface area (Å²) in [6.45, 7) is 3.89. The van der Waals surface area contributed by atoms with Gasteiger partial charge in [0.15, 0.2) is 5.82 Å². The van der Waals surface area contributed by atoms with Crippen LogP contribution in [-0.2, 0) is 0 Å². The number of aromatic nitrogens is 2. The van der Waals surface area contributed by atoms with Crippen molar-refractivity contribution in [1.82, 2.24) is 9.97 Å². The summed E-state index contributed by atoms with van der Waals surface area (Å²) in [5.74, 6) is -0.101. The minimum Gasteiger partial charge on any atom is -0.477 e. The Bertz CT molecular complexity index is 892. The fraction of sp³-hybridized carbons (Fsp3) is 0.105. The van der Waals surface area contributed by atoms with Crippen LogP contribution in [0.3, 0.4) is 0 Å².